The highest BCUT2D eigenvalue weighted by Gasteiger charge is 2.07. The van der Waals surface area contributed by atoms with Gasteiger partial charge in [-0.25, -0.2) is 4.39 Å². The number of carbonyl (C=O) groups is 1. The van der Waals surface area contributed by atoms with Crippen molar-refractivity contribution in [3.8, 4) is 0 Å². The topological polar surface area (TPSA) is 37.3 Å². The first-order chi connectivity index (χ1) is 6.63. The predicted molar refractivity (Wildman–Crippen MR) is 54.1 cm³/mol. The average molecular weight is 214 g/mol. The van der Waals surface area contributed by atoms with E-state index in [0.717, 1.165) is 10.6 Å². The second kappa shape index (κ2) is 5.00. The van der Waals surface area contributed by atoms with E-state index in [1.807, 2.05) is 6.92 Å². The summed E-state index contributed by atoms with van der Waals surface area (Å²) in [4.78, 5) is 11.3. The van der Waals surface area contributed by atoms with E-state index in [2.05, 4.69) is 0 Å². The van der Waals surface area contributed by atoms with Crippen LogP contribution < -0.4 is 0 Å². The zero-order valence-corrected chi connectivity index (χ0v) is 8.60. The summed E-state index contributed by atoms with van der Waals surface area (Å²) in [6.07, 6.45) is -0.260. The number of rotatable bonds is 4. The quantitative estimate of drug-likeness (QED) is 0.783. The highest BCUT2D eigenvalue weighted by molar-refractivity contribution is 7.99. The number of hydrogen-bond acceptors (Lipinski definition) is 2. The molecule has 0 saturated heterocycles. The molecule has 0 atom stereocenters. The molecule has 0 unspecified atom stereocenters. The lowest BCUT2D eigenvalue weighted by molar-refractivity contribution is -0.136. The lowest BCUT2D eigenvalue weighted by atomic mass is 10.1. The van der Waals surface area contributed by atoms with Crippen LogP contribution in [0.2, 0.25) is 0 Å². The summed E-state index contributed by atoms with van der Waals surface area (Å²) < 4.78 is 13.1. The first kappa shape index (κ1) is 11.0. The molecular weight excluding hydrogens is 203 g/mol. The molecule has 1 aromatic carbocycles. The zero-order valence-electron chi connectivity index (χ0n) is 7.79. The third-order valence-corrected chi connectivity index (χ3v) is 2.55. The van der Waals surface area contributed by atoms with Crippen molar-refractivity contribution in [2.24, 2.45) is 0 Å². The first-order valence-electron chi connectivity index (χ1n) is 4.26. The first-order valence-corrected chi connectivity index (χ1v) is 5.25. The molecule has 0 aliphatic carbocycles. The van der Waals surface area contributed by atoms with Crippen LogP contribution in [0.1, 0.15) is 12.5 Å². The van der Waals surface area contributed by atoms with Crippen LogP contribution in [-0.2, 0) is 11.2 Å². The fourth-order valence-corrected chi connectivity index (χ4v) is 1.83. The summed E-state index contributed by atoms with van der Waals surface area (Å²) in [5.74, 6) is -0.576. The Bertz CT molecular complexity index is 339. The molecule has 0 amide bonds. The van der Waals surface area contributed by atoms with Gasteiger partial charge in [-0.2, -0.15) is 0 Å². The number of benzene rings is 1. The largest absolute Gasteiger partial charge is 0.481 e. The maximum atomic E-state index is 13.1. The van der Waals surface area contributed by atoms with Crippen molar-refractivity contribution in [2.45, 2.75) is 18.2 Å². The smallest absolute Gasteiger partial charge is 0.307 e. The van der Waals surface area contributed by atoms with E-state index in [-0.39, 0.29) is 12.0 Å². The van der Waals surface area contributed by atoms with Crippen molar-refractivity contribution >= 4 is 17.7 Å². The number of carboxylic acids is 1. The van der Waals surface area contributed by atoms with Gasteiger partial charge in [-0.3, -0.25) is 4.79 Å². The van der Waals surface area contributed by atoms with Crippen LogP contribution in [0.4, 0.5) is 4.39 Å². The predicted octanol–water partition coefficient (Wildman–Crippen LogP) is 2.56. The molecule has 0 heterocycles. The van der Waals surface area contributed by atoms with Gasteiger partial charge >= 0.3 is 5.97 Å². The normalized spacial score (nSPS) is 10.1. The molecule has 0 radical (unpaired) electrons. The molecule has 1 rings (SSSR count). The highest BCUT2D eigenvalue weighted by Crippen LogP contribution is 2.21. The Labute approximate surface area is 86.1 Å². The van der Waals surface area contributed by atoms with E-state index in [1.165, 1.54) is 6.07 Å². The van der Waals surface area contributed by atoms with Crippen LogP contribution >= 0.6 is 11.8 Å². The van der Waals surface area contributed by atoms with E-state index in [9.17, 15) is 9.18 Å². The minimum absolute atomic E-state index is 0.246. The minimum Gasteiger partial charge on any atom is -0.481 e. The van der Waals surface area contributed by atoms with Gasteiger partial charge in [0.1, 0.15) is 5.82 Å². The second-order valence-corrected chi connectivity index (χ2v) is 4.09. The average Bonchev–Trinajstić information content (AvgIpc) is 2.10. The van der Waals surface area contributed by atoms with Crippen LogP contribution in [0.15, 0.2) is 23.1 Å². The SMILES string of the molecule is CCSc1ccc(F)c(CC(=O)O)c1. The molecule has 0 bridgehead atoms. The third-order valence-electron chi connectivity index (χ3n) is 1.67. The molecule has 1 aromatic rings. The summed E-state index contributed by atoms with van der Waals surface area (Å²) in [6, 6.07) is 4.57. The molecule has 0 fully saturated rings. The van der Waals surface area contributed by atoms with Gasteiger partial charge in [-0.1, -0.05) is 6.92 Å². The molecule has 2 nitrogen and oxygen atoms in total. The minimum atomic E-state index is -1.01. The summed E-state index contributed by atoms with van der Waals surface area (Å²) in [5, 5.41) is 8.54. The maximum absolute atomic E-state index is 13.1. The van der Waals surface area contributed by atoms with E-state index in [0.29, 0.717) is 0 Å². The van der Waals surface area contributed by atoms with Gasteiger partial charge in [0, 0.05) is 10.5 Å². The summed E-state index contributed by atoms with van der Waals surface area (Å²) in [6.45, 7) is 1.99. The standard InChI is InChI=1S/C10H11FO2S/c1-2-14-8-3-4-9(11)7(5-8)6-10(12)13/h3-5H,2,6H2,1H3,(H,12,13). The van der Waals surface area contributed by atoms with Gasteiger partial charge in [0.25, 0.3) is 0 Å². The number of carboxylic acid groups (broad SMARTS) is 1. The fraction of sp³-hybridized carbons (Fsp3) is 0.300. The molecule has 76 valence electrons. The Morgan fingerprint density at radius 2 is 2.29 bits per heavy atom. The lowest BCUT2D eigenvalue weighted by Gasteiger charge is -2.03. The van der Waals surface area contributed by atoms with Gasteiger partial charge < -0.3 is 5.11 Å². The number of aliphatic carboxylic acids is 1. The Morgan fingerprint density at radius 3 is 2.86 bits per heavy atom. The number of halogens is 1. The molecular formula is C10H11FO2S. The number of thioether (sulfide) groups is 1. The van der Waals surface area contributed by atoms with Crippen molar-refractivity contribution in [3.05, 3.63) is 29.6 Å². The van der Waals surface area contributed by atoms with Crippen molar-refractivity contribution in [1.82, 2.24) is 0 Å². The van der Waals surface area contributed by atoms with Gasteiger partial charge in [-0.05, 0) is 24.0 Å². The molecule has 0 saturated carbocycles. The molecule has 14 heavy (non-hydrogen) atoms. The van der Waals surface area contributed by atoms with Crippen molar-refractivity contribution < 1.29 is 14.3 Å². The third kappa shape index (κ3) is 3.03. The van der Waals surface area contributed by atoms with Crippen molar-refractivity contribution in [1.29, 1.82) is 0 Å². The van der Waals surface area contributed by atoms with E-state index >= 15 is 0 Å². The Kier molecular flexibility index (Phi) is 3.95. The van der Waals surface area contributed by atoms with Gasteiger partial charge in [0.15, 0.2) is 0 Å². The maximum Gasteiger partial charge on any atom is 0.307 e. The van der Waals surface area contributed by atoms with E-state index in [1.54, 1.807) is 23.9 Å². The highest BCUT2D eigenvalue weighted by atomic mass is 32.2. The Balaban J connectivity index is 2.90. The molecule has 4 heteroatoms. The molecule has 1 N–H and O–H groups in total. The summed E-state index contributed by atoms with van der Waals surface area (Å²) in [7, 11) is 0. The van der Waals surface area contributed by atoms with Crippen LogP contribution in [0.3, 0.4) is 0 Å². The van der Waals surface area contributed by atoms with E-state index in [4.69, 9.17) is 5.11 Å². The lowest BCUT2D eigenvalue weighted by Crippen LogP contribution is -2.02. The van der Waals surface area contributed by atoms with Crippen molar-refractivity contribution in [2.75, 3.05) is 5.75 Å². The van der Waals surface area contributed by atoms with Gasteiger partial charge in [0.05, 0.1) is 6.42 Å². The second-order valence-electron chi connectivity index (χ2n) is 2.76. The van der Waals surface area contributed by atoms with E-state index < -0.39 is 11.8 Å². The zero-order chi connectivity index (χ0) is 10.6. The van der Waals surface area contributed by atoms with Gasteiger partial charge in [-0.15, -0.1) is 11.8 Å². The molecule has 0 aliphatic rings. The fourth-order valence-electron chi connectivity index (χ4n) is 1.11. The Hall–Kier alpha value is -1.03. The van der Waals surface area contributed by atoms with Gasteiger partial charge in [0.2, 0.25) is 0 Å². The van der Waals surface area contributed by atoms with Crippen LogP contribution in [0, 0.1) is 5.82 Å². The Morgan fingerprint density at radius 1 is 1.57 bits per heavy atom. The van der Waals surface area contributed by atoms with Crippen LogP contribution in [-0.4, -0.2) is 16.8 Å². The monoisotopic (exact) mass is 214 g/mol. The van der Waals surface area contributed by atoms with Crippen LogP contribution in [0.25, 0.3) is 0 Å². The van der Waals surface area contributed by atoms with Crippen LogP contribution in [0.5, 0.6) is 0 Å². The summed E-state index contributed by atoms with van der Waals surface area (Å²) in [5.41, 5.74) is 0.246. The molecule has 0 spiro atoms. The molecule has 0 aromatic heterocycles. The van der Waals surface area contributed by atoms with Crippen molar-refractivity contribution in [3.63, 3.8) is 0 Å². The number of hydrogen-bond donors (Lipinski definition) is 1. The summed E-state index contributed by atoms with van der Waals surface area (Å²) >= 11 is 1.57. The molecule has 0 aliphatic heterocycles.